The SMILES string of the molecule is Cc1cc(=O)n2ncc(-n3ccnc3)c2[nH]1. The molecule has 3 aromatic heterocycles. The van der Waals surface area contributed by atoms with Crippen molar-refractivity contribution in [2.75, 3.05) is 0 Å². The molecule has 3 heterocycles. The van der Waals surface area contributed by atoms with Crippen molar-refractivity contribution in [3.63, 3.8) is 0 Å². The summed E-state index contributed by atoms with van der Waals surface area (Å²) in [7, 11) is 0. The van der Waals surface area contributed by atoms with Gasteiger partial charge in [-0.05, 0) is 6.92 Å². The number of aromatic amines is 1. The maximum atomic E-state index is 11.6. The fourth-order valence-electron chi connectivity index (χ4n) is 1.68. The van der Waals surface area contributed by atoms with Gasteiger partial charge in [-0.1, -0.05) is 0 Å². The summed E-state index contributed by atoms with van der Waals surface area (Å²) in [5.74, 6) is 0. The zero-order chi connectivity index (χ0) is 11.1. The van der Waals surface area contributed by atoms with Gasteiger partial charge in [-0.2, -0.15) is 9.61 Å². The maximum absolute atomic E-state index is 11.6. The fraction of sp³-hybridized carbons (Fsp3) is 0.100. The van der Waals surface area contributed by atoms with Crippen LogP contribution in [0.25, 0.3) is 11.3 Å². The van der Waals surface area contributed by atoms with Gasteiger partial charge in [0.1, 0.15) is 5.69 Å². The van der Waals surface area contributed by atoms with Gasteiger partial charge in [-0.25, -0.2) is 4.98 Å². The van der Waals surface area contributed by atoms with Crippen LogP contribution in [0.15, 0.2) is 35.8 Å². The van der Waals surface area contributed by atoms with Gasteiger partial charge in [0.25, 0.3) is 5.56 Å². The van der Waals surface area contributed by atoms with Gasteiger partial charge in [0, 0.05) is 24.2 Å². The topological polar surface area (TPSA) is 68.0 Å². The molecule has 0 atom stereocenters. The van der Waals surface area contributed by atoms with E-state index in [1.54, 1.807) is 29.5 Å². The minimum Gasteiger partial charge on any atom is -0.342 e. The number of aromatic nitrogens is 5. The molecule has 0 aliphatic heterocycles. The van der Waals surface area contributed by atoms with Gasteiger partial charge >= 0.3 is 0 Å². The first kappa shape index (κ1) is 8.90. The number of fused-ring (bicyclic) bond motifs is 1. The van der Waals surface area contributed by atoms with Crippen LogP contribution in [0.2, 0.25) is 0 Å². The Kier molecular flexibility index (Phi) is 1.70. The molecule has 0 aliphatic carbocycles. The molecule has 0 aromatic carbocycles. The van der Waals surface area contributed by atoms with Crippen molar-refractivity contribution in [3.05, 3.63) is 47.0 Å². The van der Waals surface area contributed by atoms with E-state index in [-0.39, 0.29) is 5.56 Å². The Bertz CT molecular complexity index is 692. The number of imidazole rings is 1. The molecule has 0 saturated heterocycles. The number of nitrogens with one attached hydrogen (secondary N) is 1. The molecule has 0 amide bonds. The summed E-state index contributed by atoms with van der Waals surface area (Å²) in [6.45, 7) is 1.84. The van der Waals surface area contributed by atoms with Gasteiger partial charge in [-0.3, -0.25) is 4.79 Å². The summed E-state index contributed by atoms with van der Waals surface area (Å²) in [5, 5.41) is 4.04. The zero-order valence-electron chi connectivity index (χ0n) is 8.58. The standard InChI is InChI=1S/C10H9N5O/c1-7-4-9(16)15-10(13-7)8(5-12-15)14-3-2-11-6-14/h2-6,13H,1H3. The molecule has 0 aliphatic rings. The number of hydrogen-bond acceptors (Lipinski definition) is 3. The lowest BCUT2D eigenvalue weighted by Gasteiger charge is -2.00. The quantitative estimate of drug-likeness (QED) is 0.643. The van der Waals surface area contributed by atoms with Crippen LogP contribution < -0.4 is 5.56 Å². The van der Waals surface area contributed by atoms with E-state index in [4.69, 9.17) is 0 Å². The molecule has 3 aromatic rings. The lowest BCUT2D eigenvalue weighted by molar-refractivity contribution is 0.889. The average molecular weight is 215 g/mol. The van der Waals surface area contributed by atoms with Crippen LogP contribution >= 0.6 is 0 Å². The number of nitrogens with zero attached hydrogens (tertiary/aromatic N) is 4. The first-order valence-electron chi connectivity index (χ1n) is 4.82. The Labute approximate surface area is 90.2 Å². The largest absolute Gasteiger partial charge is 0.342 e. The monoisotopic (exact) mass is 215 g/mol. The van der Waals surface area contributed by atoms with E-state index in [1.165, 1.54) is 10.6 Å². The Morgan fingerprint density at radius 2 is 2.31 bits per heavy atom. The van der Waals surface area contributed by atoms with Crippen molar-refractivity contribution in [1.82, 2.24) is 24.1 Å². The second-order valence-electron chi connectivity index (χ2n) is 3.55. The third-order valence-electron chi connectivity index (χ3n) is 2.40. The maximum Gasteiger partial charge on any atom is 0.274 e. The van der Waals surface area contributed by atoms with Gasteiger partial charge in [0.15, 0.2) is 5.65 Å². The third-order valence-corrected chi connectivity index (χ3v) is 2.40. The average Bonchev–Trinajstić information content (AvgIpc) is 2.83. The van der Waals surface area contributed by atoms with Gasteiger partial charge in [-0.15, -0.1) is 0 Å². The van der Waals surface area contributed by atoms with Crippen molar-refractivity contribution in [3.8, 4) is 5.69 Å². The molecule has 6 nitrogen and oxygen atoms in total. The van der Waals surface area contributed by atoms with Crippen molar-refractivity contribution in [2.24, 2.45) is 0 Å². The molecule has 0 radical (unpaired) electrons. The first-order chi connectivity index (χ1) is 7.75. The molecular weight excluding hydrogens is 206 g/mol. The summed E-state index contributed by atoms with van der Waals surface area (Å²) < 4.78 is 3.14. The van der Waals surface area contributed by atoms with Crippen LogP contribution in [-0.2, 0) is 0 Å². The molecule has 0 unspecified atom stereocenters. The molecule has 16 heavy (non-hydrogen) atoms. The molecule has 0 saturated carbocycles. The molecule has 80 valence electrons. The van der Waals surface area contributed by atoms with E-state index >= 15 is 0 Å². The smallest absolute Gasteiger partial charge is 0.274 e. The molecule has 0 fully saturated rings. The summed E-state index contributed by atoms with van der Waals surface area (Å²) in [4.78, 5) is 18.7. The Morgan fingerprint density at radius 1 is 1.44 bits per heavy atom. The minimum absolute atomic E-state index is 0.141. The summed E-state index contributed by atoms with van der Waals surface area (Å²) >= 11 is 0. The number of aryl methyl sites for hydroxylation is 1. The van der Waals surface area contributed by atoms with Crippen LogP contribution in [-0.4, -0.2) is 24.1 Å². The molecule has 0 spiro atoms. The van der Waals surface area contributed by atoms with Crippen LogP contribution in [0.5, 0.6) is 0 Å². The highest BCUT2D eigenvalue weighted by Crippen LogP contribution is 2.11. The summed E-state index contributed by atoms with van der Waals surface area (Å²) in [6.07, 6.45) is 6.78. The van der Waals surface area contributed by atoms with Crippen molar-refractivity contribution in [2.45, 2.75) is 6.92 Å². The highest BCUT2D eigenvalue weighted by molar-refractivity contribution is 5.57. The molecular formula is C10H9N5O. The van der Waals surface area contributed by atoms with E-state index < -0.39 is 0 Å². The fourth-order valence-corrected chi connectivity index (χ4v) is 1.68. The lowest BCUT2D eigenvalue weighted by atomic mass is 10.4. The van der Waals surface area contributed by atoms with Gasteiger partial charge < -0.3 is 9.55 Å². The van der Waals surface area contributed by atoms with E-state index in [9.17, 15) is 4.79 Å². The van der Waals surface area contributed by atoms with Crippen molar-refractivity contribution < 1.29 is 0 Å². The Balaban J connectivity index is 2.40. The van der Waals surface area contributed by atoms with Gasteiger partial charge in [0.05, 0.1) is 12.5 Å². The van der Waals surface area contributed by atoms with Gasteiger partial charge in [0.2, 0.25) is 0 Å². The van der Waals surface area contributed by atoms with Crippen LogP contribution in [0.3, 0.4) is 0 Å². The summed E-state index contributed by atoms with van der Waals surface area (Å²) in [5.41, 5.74) is 2.14. The van der Waals surface area contributed by atoms with Crippen LogP contribution in [0, 0.1) is 6.92 Å². The number of rotatable bonds is 1. The van der Waals surface area contributed by atoms with E-state index in [0.717, 1.165) is 11.4 Å². The second-order valence-corrected chi connectivity index (χ2v) is 3.55. The van der Waals surface area contributed by atoms with E-state index in [1.807, 2.05) is 6.92 Å². The Morgan fingerprint density at radius 3 is 3.06 bits per heavy atom. The highest BCUT2D eigenvalue weighted by Gasteiger charge is 2.08. The second kappa shape index (κ2) is 3.06. The molecule has 6 heteroatoms. The lowest BCUT2D eigenvalue weighted by Crippen LogP contribution is -2.14. The minimum atomic E-state index is -0.141. The van der Waals surface area contributed by atoms with Crippen molar-refractivity contribution in [1.29, 1.82) is 0 Å². The molecule has 1 N–H and O–H groups in total. The van der Waals surface area contributed by atoms with Crippen LogP contribution in [0.4, 0.5) is 0 Å². The number of H-pyrrole nitrogens is 1. The number of hydrogen-bond donors (Lipinski definition) is 1. The van der Waals surface area contributed by atoms with E-state index in [2.05, 4.69) is 15.1 Å². The first-order valence-corrected chi connectivity index (χ1v) is 4.82. The predicted molar refractivity (Wildman–Crippen MR) is 57.7 cm³/mol. The Hall–Kier alpha value is -2.37. The molecule has 0 bridgehead atoms. The predicted octanol–water partition coefficient (Wildman–Crippen LogP) is 0.517. The zero-order valence-corrected chi connectivity index (χ0v) is 8.58. The van der Waals surface area contributed by atoms with Crippen LogP contribution in [0.1, 0.15) is 5.69 Å². The third kappa shape index (κ3) is 1.16. The van der Waals surface area contributed by atoms with E-state index in [0.29, 0.717) is 5.65 Å². The normalized spacial score (nSPS) is 11.1. The van der Waals surface area contributed by atoms with Crippen molar-refractivity contribution >= 4 is 5.65 Å². The highest BCUT2D eigenvalue weighted by atomic mass is 16.1. The molecule has 3 rings (SSSR count). The summed E-state index contributed by atoms with van der Waals surface area (Å²) in [6, 6.07) is 1.51.